The number of anilines is 1. The topological polar surface area (TPSA) is 89.3 Å². The summed E-state index contributed by atoms with van der Waals surface area (Å²) in [4.78, 5) is 14.5. The number of hydrogen-bond donors (Lipinski definition) is 1. The van der Waals surface area contributed by atoms with Crippen LogP contribution in [0.25, 0.3) is 11.3 Å². The first-order valence-electron chi connectivity index (χ1n) is 8.19. The number of hydrogen-bond acceptors (Lipinski definition) is 5. The molecule has 130 valence electrons. The fraction of sp³-hybridized carbons (Fsp3) is 0.353. The number of nitrogens with zero attached hydrogens (tertiary/aromatic N) is 4. The first-order chi connectivity index (χ1) is 12.1. The van der Waals surface area contributed by atoms with Gasteiger partial charge in [-0.15, -0.1) is 0 Å². The molecule has 8 nitrogen and oxygen atoms in total. The second-order valence-corrected chi connectivity index (χ2v) is 6.20. The molecule has 0 aliphatic carbocycles. The van der Waals surface area contributed by atoms with Gasteiger partial charge in [0.2, 0.25) is 0 Å². The lowest BCUT2D eigenvalue weighted by Crippen LogP contribution is -2.34. The smallest absolute Gasteiger partial charge is 0.323 e. The molecular weight excluding hydrogens is 322 g/mol. The van der Waals surface area contributed by atoms with Crippen LogP contribution in [0, 0.1) is 6.92 Å². The van der Waals surface area contributed by atoms with Gasteiger partial charge in [0.15, 0.2) is 11.6 Å². The Morgan fingerprint density at radius 3 is 3.04 bits per heavy atom. The number of furan rings is 1. The zero-order valence-corrected chi connectivity index (χ0v) is 14.1. The van der Waals surface area contributed by atoms with E-state index in [9.17, 15) is 4.79 Å². The molecule has 25 heavy (non-hydrogen) atoms. The molecule has 2 amide bonds. The number of aryl methyl sites for hydroxylation is 2. The standard InChI is InChI=1S/C17H19N5O3/c1-11-13(5-7-24-11)15-8-16(20-25-15)19-17(23)22-6-3-4-14(22)12-9-18-21(2)10-12/h5,7-10,14H,3-4,6H2,1-2H3,(H,19,20,23)/t14-/m0/s1. The highest BCUT2D eigenvalue weighted by molar-refractivity contribution is 5.89. The van der Waals surface area contributed by atoms with Crippen LogP contribution in [0.4, 0.5) is 10.6 Å². The van der Waals surface area contributed by atoms with Crippen LogP contribution >= 0.6 is 0 Å². The van der Waals surface area contributed by atoms with E-state index in [-0.39, 0.29) is 12.1 Å². The molecule has 0 saturated carbocycles. The molecule has 1 N–H and O–H groups in total. The van der Waals surface area contributed by atoms with Crippen molar-refractivity contribution < 1.29 is 13.7 Å². The molecule has 8 heteroatoms. The monoisotopic (exact) mass is 341 g/mol. The lowest BCUT2D eigenvalue weighted by molar-refractivity contribution is 0.207. The predicted octanol–water partition coefficient (Wildman–Crippen LogP) is 3.35. The Balaban J connectivity index is 1.48. The van der Waals surface area contributed by atoms with Crippen molar-refractivity contribution in [2.24, 2.45) is 7.05 Å². The SMILES string of the molecule is Cc1occc1-c1cc(NC(=O)N2CCC[C@H]2c2cnn(C)c2)no1. The summed E-state index contributed by atoms with van der Waals surface area (Å²) >= 11 is 0. The average Bonchev–Trinajstić information content (AvgIpc) is 3.33. The van der Waals surface area contributed by atoms with Crippen molar-refractivity contribution in [2.75, 3.05) is 11.9 Å². The minimum Gasteiger partial charge on any atom is -0.469 e. The first kappa shape index (κ1) is 15.5. The molecule has 1 aliphatic rings. The van der Waals surface area contributed by atoms with Crippen molar-refractivity contribution in [3.8, 4) is 11.3 Å². The van der Waals surface area contributed by atoms with Crippen molar-refractivity contribution in [2.45, 2.75) is 25.8 Å². The van der Waals surface area contributed by atoms with Gasteiger partial charge < -0.3 is 13.8 Å². The quantitative estimate of drug-likeness (QED) is 0.789. The summed E-state index contributed by atoms with van der Waals surface area (Å²) in [5.41, 5.74) is 1.87. The molecule has 4 heterocycles. The number of likely N-dealkylation sites (tertiary alicyclic amines) is 1. The van der Waals surface area contributed by atoms with Crippen molar-refractivity contribution in [1.82, 2.24) is 19.8 Å². The Kier molecular flexibility index (Phi) is 3.79. The molecule has 1 atom stereocenters. The fourth-order valence-corrected chi connectivity index (χ4v) is 3.25. The average molecular weight is 341 g/mol. The molecule has 0 radical (unpaired) electrons. The lowest BCUT2D eigenvalue weighted by Gasteiger charge is -2.23. The van der Waals surface area contributed by atoms with Gasteiger partial charge in [-0.05, 0) is 25.8 Å². The van der Waals surface area contributed by atoms with E-state index in [0.717, 1.165) is 29.7 Å². The van der Waals surface area contributed by atoms with Crippen LogP contribution < -0.4 is 5.32 Å². The highest BCUT2D eigenvalue weighted by Crippen LogP contribution is 2.32. The second kappa shape index (κ2) is 6.12. The Morgan fingerprint density at radius 2 is 2.32 bits per heavy atom. The lowest BCUT2D eigenvalue weighted by atomic mass is 10.1. The third-order valence-corrected chi connectivity index (χ3v) is 4.49. The van der Waals surface area contributed by atoms with E-state index in [1.165, 1.54) is 0 Å². The number of nitrogens with one attached hydrogen (secondary N) is 1. The largest absolute Gasteiger partial charge is 0.469 e. The number of urea groups is 1. The summed E-state index contributed by atoms with van der Waals surface area (Å²) < 4.78 is 12.3. The normalized spacial score (nSPS) is 17.2. The van der Waals surface area contributed by atoms with Gasteiger partial charge in [-0.2, -0.15) is 5.10 Å². The molecule has 1 fully saturated rings. The highest BCUT2D eigenvalue weighted by atomic mass is 16.5. The molecule has 1 aliphatic heterocycles. The van der Waals surface area contributed by atoms with Gasteiger partial charge in [0.05, 0.1) is 24.1 Å². The molecule has 3 aromatic heterocycles. The van der Waals surface area contributed by atoms with E-state index < -0.39 is 0 Å². The van der Waals surface area contributed by atoms with Gasteiger partial charge in [-0.3, -0.25) is 10.00 Å². The van der Waals surface area contributed by atoms with Crippen LogP contribution in [0.5, 0.6) is 0 Å². The van der Waals surface area contributed by atoms with Crippen LogP contribution in [-0.2, 0) is 7.05 Å². The fourth-order valence-electron chi connectivity index (χ4n) is 3.25. The highest BCUT2D eigenvalue weighted by Gasteiger charge is 2.31. The van der Waals surface area contributed by atoms with Gasteiger partial charge in [0.1, 0.15) is 5.76 Å². The predicted molar refractivity (Wildman–Crippen MR) is 89.8 cm³/mol. The van der Waals surface area contributed by atoms with Crippen molar-refractivity contribution in [3.05, 3.63) is 42.1 Å². The summed E-state index contributed by atoms with van der Waals surface area (Å²) in [6.07, 6.45) is 7.25. The van der Waals surface area contributed by atoms with Gasteiger partial charge in [0.25, 0.3) is 0 Å². The molecular formula is C17H19N5O3. The maximum Gasteiger partial charge on any atom is 0.323 e. The Bertz CT molecular complexity index is 894. The summed E-state index contributed by atoms with van der Waals surface area (Å²) in [5.74, 6) is 1.69. The van der Waals surface area contributed by atoms with Crippen molar-refractivity contribution >= 4 is 11.8 Å². The molecule has 0 aromatic carbocycles. The summed E-state index contributed by atoms with van der Waals surface area (Å²) in [6, 6.07) is 3.36. The number of carbonyl (C=O) groups excluding carboxylic acids is 1. The minimum atomic E-state index is -0.185. The number of rotatable bonds is 3. The summed E-state index contributed by atoms with van der Waals surface area (Å²) in [5, 5.41) is 11.0. The van der Waals surface area contributed by atoms with E-state index in [2.05, 4.69) is 15.6 Å². The Labute approximate surface area is 144 Å². The maximum absolute atomic E-state index is 12.7. The molecule has 1 saturated heterocycles. The maximum atomic E-state index is 12.7. The van der Waals surface area contributed by atoms with Crippen LogP contribution in [0.2, 0.25) is 0 Å². The van der Waals surface area contributed by atoms with Gasteiger partial charge >= 0.3 is 6.03 Å². The second-order valence-electron chi connectivity index (χ2n) is 6.20. The van der Waals surface area contributed by atoms with Crippen LogP contribution in [0.15, 0.2) is 39.7 Å². The van der Waals surface area contributed by atoms with E-state index in [0.29, 0.717) is 18.1 Å². The zero-order chi connectivity index (χ0) is 17.4. The van der Waals surface area contributed by atoms with Gasteiger partial charge in [0, 0.05) is 31.4 Å². The van der Waals surface area contributed by atoms with Crippen LogP contribution in [-0.4, -0.2) is 32.4 Å². The summed E-state index contributed by atoms with van der Waals surface area (Å²) in [6.45, 7) is 2.55. The molecule has 0 unspecified atom stereocenters. The first-order valence-corrected chi connectivity index (χ1v) is 8.19. The van der Waals surface area contributed by atoms with E-state index >= 15 is 0 Å². The number of amides is 2. The van der Waals surface area contributed by atoms with Crippen molar-refractivity contribution in [1.29, 1.82) is 0 Å². The zero-order valence-electron chi connectivity index (χ0n) is 14.1. The van der Waals surface area contributed by atoms with E-state index in [1.807, 2.05) is 31.3 Å². The number of carbonyl (C=O) groups is 1. The third-order valence-electron chi connectivity index (χ3n) is 4.49. The molecule has 0 spiro atoms. The molecule has 4 rings (SSSR count). The Morgan fingerprint density at radius 1 is 1.44 bits per heavy atom. The van der Waals surface area contributed by atoms with E-state index in [1.54, 1.807) is 23.1 Å². The number of aromatic nitrogens is 3. The van der Waals surface area contributed by atoms with Gasteiger partial charge in [-0.25, -0.2) is 4.79 Å². The molecule has 3 aromatic rings. The summed E-state index contributed by atoms with van der Waals surface area (Å²) in [7, 11) is 1.87. The third kappa shape index (κ3) is 2.90. The minimum absolute atomic E-state index is 0.0381. The van der Waals surface area contributed by atoms with Gasteiger partial charge in [-0.1, -0.05) is 5.16 Å². The van der Waals surface area contributed by atoms with Crippen LogP contribution in [0.1, 0.15) is 30.2 Å². The Hall–Kier alpha value is -3.03. The molecule has 0 bridgehead atoms. The van der Waals surface area contributed by atoms with Crippen LogP contribution in [0.3, 0.4) is 0 Å². The van der Waals surface area contributed by atoms with E-state index in [4.69, 9.17) is 8.94 Å². The van der Waals surface area contributed by atoms with Crippen molar-refractivity contribution in [3.63, 3.8) is 0 Å².